The lowest BCUT2D eigenvalue weighted by atomic mass is 10.1. The van der Waals surface area contributed by atoms with Crippen LogP contribution in [0.15, 0.2) is 41.8 Å². The zero-order chi connectivity index (χ0) is 18.8. The van der Waals surface area contributed by atoms with Crippen LogP contribution in [0.2, 0.25) is 0 Å². The van der Waals surface area contributed by atoms with Crippen molar-refractivity contribution in [1.82, 2.24) is 4.98 Å². The predicted octanol–water partition coefficient (Wildman–Crippen LogP) is 4.85. The average molecular weight is 370 g/mol. The van der Waals surface area contributed by atoms with Crippen molar-refractivity contribution >= 4 is 22.9 Å². The molecule has 0 aliphatic carbocycles. The van der Waals surface area contributed by atoms with Crippen molar-refractivity contribution in [2.75, 3.05) is 19.1 Å². The number of aryl methyl sites for hydroxylation is 2. The number of halogens is 1. The number of carbonyl (C=O) groups is 1. The number of benzene rings is 2. The largest absolute Gasteiger partial charge is 0.494 e. The highest BCUT2D eigenvalue weighted by Gasteiger charge is 2.19. The van der Waals surface area contributed by atoms with Gasteiger partial charge in [-0.1, -0.05) is 23.8 Å². The second kappa shape index (κ2) is 7.25. The monoisotopic (exact) mass is 370 g/mol. The highest BCUT2D eigenvalue weighted by atomic mass is 32.1. The maximum atomic E-state index is 13.9. The molecule has 6 heteroatoms. The molecule has 0 saturated heterocycles. The minimum absolute atomic E-state index is 0.139. The van der Waals surface area contributed by atoms with E-state index >= 15 is 0 Å². The molecule has 0 radical (unpaired) electrons. The molecule has 0 bridgehead atoms. The van der Waals surface area contributed by atoms with E-state index in [2.05, 4.69) is 11.1 Å². The number of rotatable bonds is 4. The van der Waals surface area contributed by atoms with Gasteiger partial charge in [0.2, 0.25) is 0 Å². The molecule has 0 spiro atoms. The number of amides is 1. The van der Waals surface area contributed by atoms with Crippen LogP contribution in [0.25, 0.3) is 10.6 Å². The van der Waals surface area contributed by atoms with Crippen molar-refractivity contribution < 1.29 is 13.9 Å². The van der Waals surface area contributed by atoms with Crippen LogP contribution >= 0.6 is 11.3 Å². The first kappa shape index (κ1) is 18.1. The van der Waals surface area contributed by atoms with Crippen molar-refractivity contribution in [3.8, 4) is 16.3 Å². The Hall–Kier alpha value is -2.73. The highest BCUT2D eigenvalue weighted by Crippen LogP contribution is 2.29. The molecule has 26 heavy (non-hydrogen) atoms. The van der Waals surface area contributed by atoms with Gasteiger partial charge in [-0.15, -0.1) is 11.3 Å². The van der Waals surface area contributed by atoms with Crippen molar-refractivity contribution in [2.45, 2.75) is 13.8 Å². The molecule has 2 aromatic carbocycles. The number of hydrogen-bond acceptors (Lipinski definition) is 4. The topological polar surface area (TPSA) is 42.4 Å². The molecule has 134 valence electrons. The van der Waals surface area contributed by atoms with Crippen LogP contribution in [0, 0.1) is 19.7 Å². The Balaban J connectivity index is 1.86. The summed E-state index contributed by atoms with van der Waals surface area (Å²) in [5, 5.41) is 2.52. The fourth-order valence-electron chi connectivity index (χ4n) is 2.70. The molecule has 3 aromatic rings. The summed E-state index contributed by atoms with van der Waals surface area (Å²) in [6, 6.07) is 10.5. The number of carbonyl (C=O) groups excluding carboxylic acids is 1. The first-order valence-electron chi connectivity index (χ1n) is 8.05. The van der Waals surface area contributed by atoms with Gasteiger partial charge in [0.15, 0.2) is 11.6 Å². The van der Waals surface area contributed by atoms with Crippen molar-refractivity contribution in [1.29, 1.82) is 0 Å². The van der Waals surface area contributed by atoms with Gasteiger partial charge >= 0.3 is 0 Å². The van der Waals surface area contributed by atoms with Gasteiger partial charge in [0.05, 0.1) is 7.11 Å². The van der Waals surface area contributed by atoms with Crippen LogP contribution < -0.4 is 9.64 Å². The van der Waals surface area contributed by atoms with E-state index in [0.29, 0.717) is 11.4 Å². The number of anilines is 1. The van der Waals surface area contributed by atoms with E-state index in [4.69, 9.17) is 4.74 Å². The number of thiazole rings is 1. The maximum absolute atomic E-state index is 13.9. The van der Waals surface area contributed by atoms with Crippen molar-refractivity contribution in [3.63, 3.8) is 0 Å². The lowest BCUT2D eigenvalue weighted by Crippen LogP contribution is -2.26. The number of nitrogens with zero attached hydrogens (tertiary/aromatic N) is 2. The standard InChI is InChI=1S/C20H19FN2O2S/c1-12-5-7-15(13(2)9-12)19-22-17(11-26-19)20(24)23(3)14-6-8-18(25-4)16(21)10-14/h5-11H,1-4H3. The maximum Gasteiger partial charge on any atom is 0.277 e. The van der Waals surface area contributed by atoms with Crippen molar-refractivity contribution in [2.24, 2.45) is 0 Å². The van der Waals surface area contributed by atoms with Crippen LogP contribution in [0.4, 0.5) is 10.1 Å². The molecule has 0 saturated carbocycles. The summed E-state index contributed by atoms with van der Waals surface area (Å²) in [6.45, 7) is 4.06. The van der Waals surface area contributed by atoms with Gasteiger partial charge in [0, 0.05) is 29.7 Å². The summed E-state index contributed by atoms with van der Waals surface area (Å²) in [5.74, 6) is -0.666. The van der Waals surface area contributed by atoms with Crippen LogP contribution in [-0.2, 0) is 0 Å². The molecule has 0 aliphatic rings. The van der Waals surface area contributed by atoms with Gasteiger partial charge in [-0.05, 0) is 31.5 Å². The minimum Gasteiger partial charge on any atom is -0.494 e. The number of hydrogen-bond donors (Lipinski definition) is 0. The molecule has 1 amide bonds. The molecule has 0 unspecified atom stereocenters. The lowest BCUT2D eigenvalue weighted by Gasteiger charge is -2.16. The fraction of sp³-hybridized carbons (Fsp3) is 0.200. The summed E-state index contributed by atoms with van der Waals surface area (Å²) in [4.78, 5) is 18.6. The number of ether oxygens (including phenoxy) is 1. The van der Waals surface area contributed by atoms with Crippen LogP contribution in [0.3, 0.4) is 0 Å². The molecule has 1 aromatic heterocycles. The Morgan fingerprint density at radius 2 is 1.96 bits per heavy atom. The van der Waals surface area contributed by atoms with Gasteiger partial charge in [-0.3, -0.25) is 4.79 Å². The van der Waals surface area contributed by atoms with E-state index < -0.39 is 5.82 Å². The highest BCUT2D eigenvalue weighted by molar-refractivity contribution is 7.13. The quantitative estimate of drug-likeness (QED) is 0.659. The van der Waals surface area contributed by atoms with Crippen LogP contribution in [-0.4, -0.2) is 25.0 Å². The third-order valence-corrected chi connectivity index (χ3v) is 5.04. The van der Waals surface area contributed by atoms with Crippen molar-refractivity contribution in [3.05, 3.63) is 64.4 Å². The first-order valence-corrected chi connectivity index (χ1v) is 8.93. The van der Waals surface area contributed by atoms with E-state index in [-0.39, 0.29) is 11.7 Å². The minimum atomic E-state index is -0.515. The second-order valence-corrected chi connectivity index (χ2v) is 6.90. The Morgan fingerprint density at radius 1 is 1.19 bits per heavy atom. The third-order valence-electron chi connectivity index (χ3n) is 4.16. The summed E-state index contributed by atoms with van der Waals surface area (Å²) in [6.07, 6.45) is 0. The molecule has 0 aliphatic heterocycles. The molecular weight excluding hydrogens is 351 g/mol. The Kier molecular flexibility index (Phi) is 5.04. The molecule has 0 N–H and O–H groups in total. The van der Waals surface area contributed by atoms with E-state index in [1.54, 1.807) is 18.5 Å². The summed E-state index contributed by atoms with van der Waals surface area (Å²) < 4.78 is 18.8. The van der Waals surface area contributed by atoms with E-state index in [9.17, 15) is 9.18 Å². The van der Waals surface area contributed by atoms with Gasteiger partial charge in [-0.25, -0.2) is 9.37 Å². The summed E-state index contributed by atoms with van der Waals surface area (Å²) in [7, 11) is 3.00. The number of aromatic nitrogens is 1. The van der Waals surface area contributed by atoms with E-state index in [0.717, 1.165) is 16.1 Å². The molecule has 1 heterocycles. The Morgan fingerprint density at radius 3 is 2.62 bits per heavy atom. The Labute approximate surface area is 155 Å². The average Bonchev–Trinajstić information content (AvgIpc) is 3.10. The molecule has 0 atom stereocenters. The summed E-state index contributed by atoms with van der Waals surface area (Å²) >= 11 is 1.42. The number of methoxy groups -OCH3 is 1. The van der Waals surface area contributed by atoms with Gasteiger partial charge < -0.3 is 9.64 Å². The van der Waals surface area contributed by atoms with Gasteiger partial charge in [0.1, 0.15) is 10.7 Å². The SMILES string of the molecule is COc1ccc(N(C)C(=O)c2csc(-c3ccc(C)cc3C)n2)cc1F. The predicted molar refractivity (Wildman–Crippen MR) is 103 cm³/mol. The van der Waals surface area contributed by atoms with E-state index in [1.807, 2.05) is 26.0 Å². The molecule has 4 nitrogen and oxygen atoms in total. The van der Waals surface area contributed by atoms with E-state index in [1.165, 1.54) is 41.0 Å². The normalized spacial score (nSPS) is 10.7. The smallest absolute Gasteiger partial charge is 0.277 e. The molecule has 3 rings (SSSR count). The van der Waals surface area contributed by atoms with Crippen LogP contribution in [0.5, 0.6) is 5.75 Å². The third kappa shape index (κ3) is 3.46. The molecule has 0 fully saturated rings. The van der Waals surface area contributed by atoms with Gasteiger partial charge in [-0.2, -0.15) is 0 Å². The van der Waals surface area contributed by atoms with Gasteiger partial charge in [0.25, 0.3) is 5.91 Å². The second-order valence-electron chi connectivity index (χ2n) is 6.04. The van der Waals surface area contributed by atoms with Crippen LogP contribution in [0.1, 0.15) is 21.6 Å². The fourth-order valence-corrected chi connectivity index (χ4v) is 3.59. The first-order chi connectivity index (χ1) is 12.4. The zero-order valence-electron chi connectivity index (χ0n) is 15.0. The lowest BCUT2D eigenvalue weighted by molar-refractivity contribution is 0.0989. The zero-order valence-corrected chi connectivity index (χ0v) is 15.9. The Bertz CT molecular complexity index is 968. The summed E-state index contributed by atoms with van der Waals surface area (Å²) in [5.41, 5.74) is 4.08. The molecular formula is C20H19FN2O2S.